The highest BCUT2D eigenvalue weighted by molar-refractivity contribution is 6.31. The third kappa shape index (κ3) is 5.55. The maximum absolute atomic E-state index is 11.8. The van der Waals surface area contributed by atoms with E-state index in [1.54, 1.807) is 12.1 Å². The molecule has 0 aliphatic rings. The van der Waals surface area contributed by atoms with Gasteiger partial charge in [-0.25, -0.2) is 0 Å². The number of anilines is 1. The molecule has 2 N–H and O–H groups in total. The third-order valence-corrected chi connectivity index (χ3v) is 3.80. The molecule has 0 spiro atoms. The highest BCUT2D eigenvalue weighted by atomic mass is 35.5. The molecule has 24 heavy (non-hydrogen) atoms. The molecular formula is C17H18ClN3O3. The van der Waals surface area contributed by atoms with E-state index in [0.29, 0.717) is 31.0 Å². The Bertz CT molecular complexity index is 704. The van der Waals surface area contributed by atoms with Crippen molar-refractivity contribution in [3.8, 4) is 0 Å². The van der Waals surface area contributed by atoms with E-state index >= 15 is 0 Å². The number of hydrogen-bond donors (Lipinski definition) is 2. The number of nitrogens with one attached hydrogen (secondary N) is 2. The molecule has 0 bridgehead atoms. The van der Waals surface area contributed by atoms with Crippen molar-refractivity contribution in [2.45, 2.75) is 12.8 Å². The minimum Gasteiger partial charge on any atom is -0.383 e. The summed E-state index contributed by atoms with van der Waals surface area (Å²) in [6.45, 7) is 1.01. The molecule has 0 aromatic heterocycles. The Kier molecular flexibility index (Phi) is 6.57. The zero-order valence-electron chi connectivity index (χ0n) is 13.0. The lowest BCUT2D eigenvalue weighted by Gasteiger charge is -2.08. The first-order valence-corrected chi connectivity index (χ1v) is 7.92. The Hall–Kier alpha value is -2.60. The van der Waals surface area contributed by atoms with Gasteiger partial charge in [0.15, 0.2) is 0 Å². The molecule has 6 nitrogen and oxygen atoms in total. The van der Waals surface area contributed by atoms with Gasteiger partial charge in [0.2, 0.25) is 5.91 Å². The molecule has 0 saturated carbocycles. The van der Waals surface area contributed by atoms with Crippen LogP contribution >= 0.6 is 11.6 Å². The van der Waals surface area contributed by atoms with Gasteiger partial charge in [-0.05, 0) is 30.2 Å². The second-order valence-electron chi connectivity index (χ2n) is 5.17. The van der Waals surface area contributed by atoms with Crippen LogP contribution < -0.4 is 10.6 Å². The molecule has 0 unspecified atom stereocenters. The SMILES string of the molecule is O=C(CCc1ccccc1Cl)NCCNc1ccc([N+](=O)[O-])cc1. The Morgan fingerprint density at radius 2 is 1.79 bits per heavy atom. The van der Waals surface area contributed by atoms with Gasteiger partial charge in [-0.3, -0.25) is 14.9 Å². The molecule has 0 atom stereocenters. The molecule has 1 amide bonds. The molecule has 2 aromatic carbocycles. The van der Waals surface area contributed by atoms with E-state index in [1.807, 2.05) is 24.3 Å². The van der Waals surface area contributed by atoms with E-state index in [-0.39, 0.29) is 11.6 Å². The molecule has 2 aromatic rings. The van der Waals surface area contributed by atoms with Gasteiger partial charge in [0, 0.05) is 42.4 Å². The number of non-ortho nitro benzene ring substituents is 1. The van der Waals surface area contributed by atoms with Crippen LogP contribution in [0.3, 0.4) is 0 Å². The van der Waals surface area contributed by atoms with Crippen molar-refractivity contribution in [2.24, 2.45) is 0 Å². The second-order valence-corrected chi connectivity index (χ2v) is 5.58. The molecule has 0 fully saturated rings. The fourth-order valence-corrected chi connectivity index (χ4v) is 2.38. The average Bonchev–Trinajstić information content (AvgIpc) is 2.58. The Balaban J connectivity index is 1.65. The van der Waals surface area contributed by atoms with Crippen LogP contribution in [0.25, 0.3) is 0 Å². The first-order valence-electron chi connectivity index (χ1n) is 7.54. The van der Waals surface area contributed by atoms with Crippen molar-refractivity contribution in [1.29, 1.82) is 0 Å². The van der Waals surface area contributed by atoms with Crippen LogP contribution in [0, 0.1) is 10.1 Å². The van der Waals surface area contributed by atoms with Crippen LogP contribution in [-0.4, -0.2) is 23.9 Å². The van der Waals surface area contributed by atoms with Gasteiger partial charge >= 0.3 is 0 Å². The number of carbonyl (C=O) groups excluding carboxylic acids is 1. The minimum absolute atomic E-state index is 0.0413. The van der Waals surface area contributed by atoms with Gasteiger partial charge in [0.1, 0.15) is 0 Å². The molecule has 0 radical (unpaired) electrons. The number of carbonyl (C=O) groups is 1. The van der Waals surface area contributed by atoms with Crippen molar-refractivity contribution in [1.82, 2.24) is 5.32 Å². The van der Waals surface area contributed by atoms with E-state index in [1.165, 1.54) is 12.1 Å². The minimum atomic E-state index is -0.441. The predicted molar refractivity (Wildman–Crippen MR) is 94.4 cm³/mol. The van der Waals surface area contributed by atoms with Crippen LogP contribution in [0.2, 0.25) is 5.02 Å². The van der Waals surface area contributed by atoms with Crippen LogP contribution in [0.1, 0.15) is 12.0 Å². The lowest BCUT2D eigenvalue weighted by Crippen LogP contribution is -2.28. The van der Waals surface area contributed by atoms with Gasteiger partial charge < -0.3 is 10.6 Å². The van der Waals surface area contributed by atoms with Crippen molar-refractivity contribution in [3.63, 3.8) is 0 Å². The Morgan fingerprint density at radius 3 is 2.46 bits per heavy atom. The number of hydrogen-bond acceptors (Lipinski definition) is 4. The molecule has 2 rings (SSSR count). The van der Waals surface area contributed by atoms with Gasteiger partial charge in [-0.2, -0.15) is 0 Å². The summed E-state index contributed by atoms with van der Waals surface area (Å²) in [7, 11) is 0. The molecule has 126 valence electrons. The summed E-state index contributed by atoms with van der Waals surface area (Å²) in [5, 5.41) is 17.1. The zero-order valence-corrected chi connectivity index (χ0v) is 13.8. The molecule has 7 heteroatoms. The monoisotopic (exact) mass is 347 g/mol. The number of benzene rings is 2. The van der Waals surface area contributed by atoms with Gasteiger partial charge in [-0.1, -0.05) is 29.8 Å². The maximum Gasteiger partial charge on any atom is 0.269 e. The Labute approximate surface area is 145 Å². The number of nitro benzene ring substituents is 1. The largest absolute Gasteiger partial charge is 0.383 e. The quantitative estimate of drug-likeness (QED) is 0.435. The normalized spacial score (nSPS) is 10.2. The fourth-order valence-electron chi connectivity index (χ4n) is 2.15. The number of halogens is 1. The van der Waals surface area contributed by atoms with Crippen molar-refractivity contribution in [2.75, 3.05) is 18.4 Å². The number of amides is 1. The van der Waals surface area contributed by atoms with E-state index < -0.39 is 4.92 Å². The van der Waals surface area contributed by atoms with Crippen LogP contribution in [0.15, 0.2) is 48.5 Å². The van der Waals surface area contributed by atoms with Crippen LogP contribution in [0.5, 0.6) is 0 Å². The van der Waals surface area contributed by atoms with Crippen LogP contribution in [0.4, 0.5) is 11.4 Å². The lowest BCUT2D eigenvalue weighted by atomic mass is 10.1. The smallest absolute Gasteiger partial charge is 0.269 e. The van der Waals surface area contributed by atoms with E-state index in [4.69, 9.17) is 11.6 Å². The molecule has 0 saturated heterocycles. The number of nitro groups is 1. The molecule has 0 aliphatic heterocycles. The standard InChI is InChI=1S/C17H18ClN3O3/c18-16-4-2-1-3-13(16)5-10-17(22)20-12-11-19-14-6-8-15(9-7-14)21(23)24/h1-4,6-9,19H,5,10-12H2,(H,20,22). The Morgan fingerprint density at radius 1 is 1.08 bits per heavy atom. The molecule has 0 heterocycles. The first-order chi connectivity index (χ1) is 11.6. The highest BCUT2D eigenvalue weighted by Gasteiger charge is 2.05. The fraction of sp³-hybridized carbons (Fsp3) is 0.235. The van der Waals surface area contributed by atoms with Crippen LogP contribution in [-0.2, 0) is 11.2 Å². The van der Waals surface area contributed by atoms with E-state index in [0.717, 1.165) is 11.3 Å². The summed E-state index contributed by atoms with van der Waals surface area (Å²) in [5.74, 6) is -0.0413. The average molecular weight is 348 g/mol. The summed E-state index contributed by atoms with van der Waals surface area (Å²) < 4.78 is 0. The summed E-state index contributed by atoms with van der Waals surface area (Å²) in [6.07, 6.45) is 0.975. The van der Waals surface area contributed by atoms with Gasteiger partial charge in [-0.15, -0.1) is 0 Å². The number of aryl methyl sites for hydroxylation is 1. The van der Waals surface area contributed by atoms with Gasteiger partial charge in [0.05, 0.1) is 4.92 Å². The summed E-state index contributed by atoms with van der Waals surface area (Å²) >= 11 is 6.05. The number of nitrogens with zero attached hydrogens (tertiary/aromatic N) is 1. The summed E-state index contributed by atoms with van der Waals surface area (Å²) in [5.41, 5.74) is 1.78. The van der Waals surface area contributed by atoms with Crippen molar-refractivity contribution >= 4 is 28.9 Å². The molecular weight excluding hydrogens is 330 g/mol. The van der Waals surface area contributed by atoms with Crippen molar-refractivity contribution in [3.05, 3.63) is 69.2 Å². The third-order valence-electron chi connectivity index (χ3n) is 3.43. The zero-order chi connectivity index (χ0) is 17.4. The maximum atomic E-state index is 11.8. The topological polar surface area (TPSA) is 84.3 Å². The first kappa shape index (κ1) is 17.7. The second kappa shape index (κ2) is 8.88. The predicted octanol–water partition coefficient (Wildman–Crippen LogP) is 3.41. The molecule has 0 aliphatic carbocycles. The summed E-state index contributed by atoms with van der Waals surface area (Å²) in [4.78, 5) is 21.9. The number of rotatable bonds is 8. The van der Waals surface area contributed by atoms with E-state index in [2.05, 4.69) is 10.6 Å². The van der Waals surface area contributed by atoms with E-state index in [9.17, 15) is 14.9 Å². The van der Waals surface area contributed by atoms with Crippen molar-refractivity contribution < 1.29 is 9.72 Å². The summed E-state index contributed by atoms with van der Waals surface area (Å²) in [6, 6.07) is 13.6. The lowest BCUT2D eigenvalue weighted by molar-refractivity contribution is -0.384. The highest BCUT2D eigenvalue weighted by Crippen LogP contribution is 2.16. The van der Waals surface area contributed by atoms with Gasteiger partial charge in [0.25, 0.3) is 5.69 Å².